The molecule has 2 aromatic carbocycles. The van der Waals surface area contributed by atoms with E-state index in [4.69, 9.17) is 18.0 Å². The minimum absolute atomic E-state index is 0.225. The molecule has 0 fully saturated rings. The van der Waals surface area contributed by atoms with Crippen LogP contribution in [0, 0.1) is 0 Å². The highest BCUT2D eigenvalue weighted by Gasteiger charge is 2.06. The number of nitrogens with two attached hydrogens (primary N) is 1. The number of H-pyrrole nitrogens is 1. The van der Waals surface area contributed by atoms with Crippen molar-refractivity contribution in [2.24, 2.45) is 5.73 Å². The summed E-state index contributed by atoms with van der Waals surface area (Å²) >= 11 is 4.81. The Morgan fingerprint density at radius 2 is 1.95 bits per heavy atom. The van der Waals surface area contributed by atoms with Crippen LogP contribution in [0.5, 0.6) is 5.75 Å². The lowest BCUT2D eigenvalue weighted by Crippen LogP contribution is -2.18. The SMILES string of the molecule is NC(=S)Nc1ccc2nc(-c3ccc(O)cc3)[nH]c2c1. The van der Waals surface area contributed by atoms with E-state index in [1.807, 2.05) is 18.2 Å². The molecule has 0 saturated heterocycles. The standard InChI is InChI=1S/C14H12N4OS/c15-14(20)16-9-3-6-11-12(7-9)18-13(17-11)8-1-4-10(19)5-2-8/h1-7,19H,(H,17,18)(H3,15,16,20). The average Bonchev–Trinajstić information content (AvgIpc) is 2.81. The fourth-order valence-electron chi connectivity index (χ4n) is 1.99. The summed E-state index contributed by atoms with van der Waals surface area (Å²) in [6.07, 6.45) is 0. The molecule has 0 unspecified atom stereocenters. The van der Waals surface area contributed by atoms with Gasteiger partial charge in [0, 0.05) is 11.3 Å². The fraction of sp³-hybridized carbons (Fsp3) is 0. The van der Waals surface area contributed by atoms with Crippen LogP contribution in [0.1, 0.15) is 0 Å². The molecule has 5 N–H and O–H groups in total. The summed E-state index contributed by atoms with van der Waals surface area (Å²) in [6.45, 7) is 0. The molecule has 1 aromatic heterocycles. The minimum atomic E-state index is 0.225. The fourth-order valence-corrected chi connectivity index (χ4v) is 2.10. The largest absolute Gasteiger partial charge is 0.508 e. The molecular weight excluding hydrogens is 272 g/mol. The highest BCUT2D eigenvalue weighted by molar-refractivity contribution is 7.80. The Hall–Kier alpha value is -2.60. The molecule has 0 aliphatic heterocycles. The van der Waals surface area contributed by atoms with Crippen molar-refractivity contribution in [1.82, 2.24) is 9.97 Å². The van der Waals surface area contributed by atoms with Crippen molar-refractivity contribution in [3.63, 3.8) is 0 Å². The van der Waals surface area contributed by atoms with Crippen LogP contribution in [0.15, 0.2) is 42.5 Å². The van der Waals surface area contributed by atoms with Crippen molar-refractivity contribution >= 4 is 34.1 Å². The highest BCUT2D eigenvalue weighted by atomic mass is 32.1. The number of aromatic amines is 1. The van der Waals surface area contributed by atoms with E-state index in [1.54, 1.807) is 24.3 Å². The minimum Gasteiger partial charge on any atom is -0.508 e. The number of nitrogens with zero attached hydrogens (tertiary/aromatic N) is 1. The number of anilines is 1. The molecule has 20 heavy (non-hydrogen) atoms. The molecule has 0 spiro atoms. The zero-order valence-electron chi connectivity index (χ0n) is 10.4. The van der Waals surface area contributed by atoms with Gasteiger partial charge in [-0.3, -0.25) is 0 Å². The molecule has 0 aliphatic rings. The number of imidazole rings is 1. The second-order valence-corrected chi connectivity index (χ2v) is 4.79. The van der Waals surface area contributed by atoms with Crippen molar-refractivity contribution in [2.75, 3.05) is 5.32 Å². The van der Waals surface area contributed by atoms with E-state index in [0.717, 1.165) is 28.1 Å². The quantitative estimate of drug-likeness (QED) is 0.543. The maximum absolute atomic E-state index is 9.30. The maximum atomic E-state index is 9.30. The van der Waals surface area contributed by atoms with Crippen LogP contribution in [0.4, 0.5) is 5.69 Å². The van der Waals surface area contributed by atoms with Gasteiger partial charge in [0.2, 0.25) is 0 Å². The predicted octanol–water partition coefficient (Wildman–Crippen LogP) is 2.59. The molecule has 0 amide bonds. The Morgan fingerprint density at radius 3 is 2.65 bits per heavy atom. The summed E-state index contributed by atoms with van der Waals surface area (Å²) in [7, 11) is 0. The van der Waals surface area contributed by atoms with E-state index in [1.165, 1.54) is 0 Å². The first-order valence-electron chi connectivity index (χ1n) is 5.97. The summed E-state index contributed by atoms with van der Waals surface area (Å²) in [5.74, 6) is 0.972. The van der Waals surface area contributed by atoms with Crippen LogP contribution in [0.3, 0.4) is 0 Å². The number of rotatable bonds is 2. The zero-order chi connectivity index (χ0) is 14.1. The Bertz CT molecular complexity index is 779. The summed E-state index contributed by atoms with van der Waals surface area (Å²) in [5.41, 5.74) is 8.90. The molecule has 0 radical (unpaired) electrons. The van der Waals surface area contributed by atoms with Crippen LogP contribution in [-0.2, 0) is 0 Å². The van der Waals surface area contributed by atoms with Crippen molar-refractivity contribution in [1.29, 1.82) is 0 Å². The molecule has 0 atom stereocenters. The van der Waals surface area contributed by atoms with Gasteiger partial charge in [-0.25, -0.2) is 4.98 Å². The van der Waals surface area contributed by atoms with Gasteiger partial charge in [0.1, 0.15) is 11.6 Å². The summed E-state index contributed by atoms with van der Waals surface area (Å²) in [5, 5.41) is 12.4. The number of hydrogen-bond donors (Lipinski definition) is 4. The number of thiocarbonyl (C=S) groups is 1. The Morgan fingerprint density at radius 1 is 1.20 bits per heavy atom. The lowest BCUT2D eigenvalue weighted by atomic mass is 10.2. The van der Waals surface area contributed by atoms with Gasteiger partial charge in [0.05, 0.1) is 11.0 Å². The van der Waals surface area contributed by atoms with Gasteiger partial charge in [-0.2, -0.15) is 0 Å². The topological polar surface area (TPSA) is 87.0 Å². The monoisotopic (exact) mass is 284 g/mol. The second-order valence-electron chi connectivity index (χ2n) is 4.35. The molecule has 0 bridgehead atoms. The van der Waals surface area contributed by atoms with Gasteiger partial charge in [-0.05, 0) is 54.7 Å². The smallest absolute Gasteiger partial charge is 0.168 e. The Labute approximate surface area is 120 Å². The number of fused-ring (bicyclic) bond motifs is 1. The number of benzene rings is 2. The van der Waals surface area contributed by atoms with Gasteiger partial charge in [0.15, 0.2) is 5.11 Å². The number of aromatic nitrogens is 2. The van der Waals surface area contributed by atoms with Crippen LogP contribution in [0.25, 0.3) is 22.4 Å². The van der Waals surface area contributed by atoms with E-state index in [2.05, 4.69) is 15.3 Å². The predicted molar refractivity (Wildman–Crippen MR) is 83.6 cm³/mol. The van der Waals surface area contributed by atoms with E-state index in [-0.39, 0.29) is 10.9 Å². The third-order valence-corrected chi connectivity index (χ3v) is 2.99. The van der Waals surface area contributed by atoms with Crippen molar-refractivity contribution in [2.45, 2.75) is 0 Å². The number of phenols is 1. The van der Waals surface area contributed by atoms with Gasteiger partial charge >= 0.3 is 0 Å². The van der Waals surface area contributed by atoms with Crippen LogP contribution < -0.4 is 11.1 Å². The van der Waals surface area contributed by atoms with E-state index < -0.39 is 0 Å². The third-order valence-electron chi connectivity index (χ3n) is 2.89. The van der Waals surface area contributed by atoms with E-state index >= 15 is 0 Å². The third kappa shape index (κ3) is 2.41. The van der Waals surface area contributed by atoms with E-state index in [0.29, 0.717) is 0 Å². The number of nitrogens with one attached hydrogen (secondary N) is 2. The van der Waals surface area contributed by atoms with Gasteiger partial charge in [0.25, 0.3) is 0 Å². The van der Waals surface area contributed by atoms with Gasteiger partial charge in [-0.15, -0.1) is 0 Å². The lowest BCUT2D eigenvalue weighted by molar-refractivity contribution is 0.475. The molecular formula is C14H12N4OS. The van der Waals surface area contributed by atoms with Crippen LogP contribution >= 0.6 is 12.2 Å². The Kier molecular flexibility index (Phi) is 3.00. The van der Waals surface area contributed by atoms with Crippen LogP contribution in [-0.4, -0.2) is 20.2 Å². The van der Waals surface area contributed by atoms with Crippen molar-refractivity contribution < 1.29 is 5.11 Å². The molecule has 3 aromatic rings. The molecule has 100 valence electrons. The van der Waals surface area contributed by atoms with Crippen LogP contribution in [0.2, 0.25) is 0 Å². The average molecular weight is 284 g/mol. The van der Waals surface area contributed by atoms with Crippen molar-refractivity contribution in [3.05, 3.63) is 42.5 Å². The summed E-state index contributed by atoms with van der Waals surface area (Å²) < 4.78 is 0. The lowest BCUT2D eigenvalue weighted by Gasteiger charge is -2.02. The Balaban J connectivity index is 2.01. The second kappa shape index (κ2) is 4.82. The van der Waals surface area contributed by atoms with E-state index in [9.17, 15) is 5.11 Å². The van der Waals surface area contributed by atoms with Crippen molar-refractivity contribution in [3.8, 4) is 17.1 Å². The number of hydrogen-bond acceptors (Lipinski definition) is 3. The summed E-state index contributed by atoms with van der Waals surface area (Å²) in [6, 6.07) is 12.5. The summed E-state index contributed by atoms with van der Waals surface area (Å²) in [4.78, 5) is 7.73. The molecule has 0 saturated carbocycles. The molecule has 3 rings (SSSR count). The van der Waals surface area contributed by atoms with Gasteiger partial charge in [-0.1, -0.05) is 0 Å². The first-order valence-corrected chi connectivity index (χ1v) is 6.38. The first-order chi connectivity index (χ1) is 9.61. The maximum Gasteiger partial charge on any atom is 0.168 e. The molecule has 6 heteroatoms. The van der Waals surface area contributed by atoms with Gasteiger partial charge < -0.3 is 21.1 Å². The molecule has 1 heterocycles. The first kappa shape index (κ1) is 12.4. The number of aromatic hydroxyl groups is 1. The zero-order valence-corrected chi connectivity index (χ0v) is 11.2. The number of phenolic OH excluding ortho intramolecular Hbond substituents is 1. The molecule has 5 nitrogen and oxygen atoms in total. The highest BCUT2D eigenvalue weighted by Crippen LogP contribution is 2.24. The molecule has 0 aliphatic carbocycles. The normalized spacial score (nSPS) is 10.6.